The molecule has 0 fully saturated rings. The number of hydrogen-bond donors (Lipinski definition) is 0. The lowest BCUT2D eigenvalue weighted by Gasteiger charge is -2.37. The van der Waals surface area contributed by atoms with Gasteiger partial charge in [0.1, 0.15) is 23.0 Å². The van der Waals surface area contributed by atoms with Crippen molar-refractivity contribution in [2.75, 3.05) is 0 Å². The zero-order valence-electron chi connectivity index (χ0n) is 34.4. The van der Waals surface area contributed by atoms with Gasteiger partial charge in [-0.15, -0.1) is 0 Å². The number of aryl methyl sites for hydroxylation is 4. The second-order valence-electron chi connectivity index (χ2n) is 17.9. The van der Waals surface area contributed by atoms with E-state index >= 15 is 0 Å². The summed E-state index contributed by atoms with van der Waals surface area (Å²) in [5.74, 6) is 3.68. The second-order valence-corrected chi connectivity index (χ2v) is 19.7. The van der Waals surface area contributed by atoms with Gasteiger partial charge >= 0.3 is 0 Å². The van der Waals surface area contributed by atoms with Gasteiger partial charge in [0.2, 0.25) is 0 Å². The van der Waals surface area contributed by atoms with E-state index in [1.165, 1.54) is 132 Å². The molecular weight excluding hydrogens is 886 g/mol. The van der Waals surface area contributed by atoms with Crippen LogP contribution >= 0.6 is 31.9 Å². The summed E-state index contributed by atoms with van der Waals surface area (Å²) in [6.45, 7) is 9.07. The highest BCUT2D eigenvalue weighted by Crippen LogP contribution is 2.52. The maximum absolute atomic E-state index is 6.84. The molecule has 0 aromatic heterocycles. The predicted molar refractivity (Wildman–Crippen MR) is 269 cm³/mol. The second kappa shape index (κ2) is 12.3. The first-order valence-electron chi connectivity index (χ1n) is 21.4. The summed E-state index contributed by atoms with van der Waals surface area (Å²) in [4.78, 5) is 0. The molecule has 4 aliphatic heterocycles. The van der Waals surface area contributed by atoms with E-state index in [4.69, 9.17) is 9.47 Å². The molecule has 10 aromatic carbocycles. The Kier molecular flexibility index (Phi) is 7.05. The van der Waals surface area contributed by atoms with E-state index < -0.39 is 0 Å². The molecule has 290 valence electrons. The van der Waals surface area contributed by atoms with Crippen LogP contribution in [0.4, 0.5) is 0 Å². The van der Waals surface area contributed by atoms with Crippen LogP contribution in [0.2, 0.25) is 0 Å². The van der Waals surface area contributed by atoms with Gasteiger partial charge in [0, 0.05) is 8.95 Å². The molecule has 0 aliphatic carbocycles. The van der Waals surface area contributed by atoms with Gasteiger partial charge in [-0.3, -0.25) is 0 Å². The van der Waals surface area contributed by atoms with E-state index in [0.717, 1.165) is 31.9 Å². The fourth-order valence-corrected chi connectivity index (χ4v) is 13.1. The minimum Gasteiger partial charge on any atom is -0.458 e. The molecular formula is C56H34B2Br2O2. The van der Waals surface area contributed by atoms with E-state index in [1.54, 1.807) is 0 Å². The number of halogens is 2. The molecule has 6 heteroatoms. The highest BCUT2D eigenvalue weighted by atomic mass is 79.9. The van der Waals surface area contributed by atoms with Crippen LogP contribution in [0.3, 0.4) is 0 Å². The molecule has 0 saturated heterocycles. The molecule has 4 aliphatic rings. The summed E-state index contributed by atoms with van der Waals surface area (Å²) in [5, 5.41) is 7.96. The maximum Gasteiger partial charge on any atom is 0.252 e. The van der Waals surface area contributed by atoms with Gasteiger partial charge in [0.05, 0.1) is 0 Å². The Hall–Kier alpha value is -6.07. The highest BCUT2D eigenvalue weighted by Gasteiger charge is 2.44. The smallest absolute Gasteiger partial charge is 0.252 e. The molecule has 0 atom stereocenters. The fraction of sp³-hybridized carbons (Fsp3) is 0.0714. The SMILES string of the molecule is Cc1cccc(C)c1-c1cc2c3c(cc4c(-c5c(C)cccc5C)cc5c6c(cc1c3c46)B1c3ccccc3Oc3cc(Br)cc-5c31)B1c3ccccc3Oc3cc(Br)cc-2c31. The summed E-state index contributed by atoms with van der Waals surface area (Å²) in [6.07, 6.45) is 0. The summed E-state index contributed by atoms with van der Waals surface area (Å²) in [5.41, 5.74) is 22.8. The standard InChI is InChI=1S/C56H34B2Br2O2/c1-27-11-9-12-28(2)49(27)33-23-35-39-19-31(59)21-47-55(39)58(42-16-6-8-18-46(42)61-47)44-26-38-34(50-29(3)13-10-14-30(50)4)24-36-40-20-32(60)22-48-56(40)57(41-15-5-7-17-45(41)62-48)43-25-37(33)53(51(35)44)54(38)52(36)43/h5-26H,1-4H3. The van der Waals surface area contributed by atoms with Crippen molar-refractivity contribution in [2.45, 2.75) is 27.7 Å². The van der Waals surface area contributed by atoms with Crippen LogP contribution in [0.5, 0.6) is 23.0 Å². The van der Waals surface area contributed by atoms with Crippen LogP contribution in [0.1, 0.15) is 22.3 Å². The Bertz CT molecular complexity index is 3450. The van der Waals surface area contributed by atoms with Crippen LogP contribution in [-0.4, -0.2) is 13.4 Å². The number of hydrogen-bond acceptors (Lipinski definition) is 2. The first-order valence-corrected chi connectivity index (χ1v) is 23.0. The third-order valence-corrected chi connectivity index (χ3v) is 15.5. The van der Waals surface area contributed by atoms with Gasteiger partial charge in [-0.25, -0.2) is 0 Å². The Morgan fingerprint density at radius 2 is 0.758 bits per heavy atom. The number of rotatable bonds is 2. The van der Waals surface area contributed by atoms with E-state index in [-0.39, 0.29) is 13.4 Å². The van der Waals surface area contributed by atoms with Gasteiger partial charge in [-0.05, 0) is 197 Å². The van der Waals surface area contributed by atoms with E-state index in [9.17, 15) is 0 Å². The molecule has 0 unspecified atom stereocenters. The van der Waals surface area contributed by atoms with E-state index in [1.807, 2.05) is 0 Å². The van der Waals surface area contributed by atoms with E-state index in [0.29, 0.717) is 0 Å². The van der Waals surface area contributed by atoms with Crippen LogP contribution in [-0.2, 0) is 0 Å². The zero-order chi connectivity index (χ0) is 41.4. The molecule has 4 heterocycles. The molecule has 0 saturated carbocycles. The quantitative estimate of drug-likeness (QED) is 0.127. The third kappa shape index (κ3) is 4.47. The lowest BCUT2D eigenvalue weighted by atomic mass is 9.32. The molecule has 0 N–H and O–H groups in total. The lowest BCUT2D eigenvalue weighted by molar-refractivity contribution is 0.487. The first-order chi connectivity index (χ1) is 30.2. The first kappa shape index (κ1) is 35.5. The Morgan fingerprint density at radius 3 is 1.18 bits per heavy atom. The fourth-order valence-electron chi connectivity index (χ4n) is 12.3. The third-order valence-electron chi connectivity index (χ3n) is 14.6. The normalized spacial score (nSPS) is 13.5. The van der Waals surface area contributed by atoms with Gasteiger partial charge < -0.3 is 9.47 Å². The molecule has 62 heavy (non-hydrogen) atoms. The summed E-state index contributed by atoms with van der Waals surface area (Å²) >= 11 is 7.92. The molecule has 0 bridgehead atoms. The minimum absolute atomic E-state index is 0.0114. The Labute approximate surface area is 377 Å². The topological polar surface area (TPSA) is 18.5 Å². The lowest BCUT2D eigenvalue weighted by Crippen LogP contribution is -2.58. The van der Waals surface area contributed by atoms with Crippen LogP contribution in [0, 0.1) is 27.7 Å². The number of fused-ring (bicyclic) bond motifs is 8. The van der Waals surface area contributed by atoms with Crippen molar-refractivity contribution in [3.05, 3.63) is 165 Å². The predicted octanol–water partition coefficient (Wildman–Crippen LogP) is 11.9. The largest absolute Gasteiger partial charge is 0.458 e. The average Bonchev–Trinajstić information content (AvgIpc) is 3.26. The minimum atomic E-state index is -0.0114. The Balaban J connectivity index is 1.28. The van der Waals surface area contributed by atoms with Crippen LogP contribution < -0.4 is 42.3 Å². The van der Waals surface area contributed by atoms with Crippen molar-refractivity contribution >= 4 is 110 Å². The molecule has 0 amide bonds. The number of benzene rings is 10. The average molecular weight is 920 g/mol. The maximum atomic E-state index is 6.84. The van der Waals surface area contributed by atoms with Crippen molar-refractivity contribution < 1.29 is 9.47 Å². The van der Waals surface area contributed by atoms with Crippen molar-refractivity contribution in [2.24, 2.45) is 0 Å². The van der Waals surface area contributed by atoms with E-state index in [2.05, 4.69) is 193 Å². The summed E-state index contributed by atoms with van der Waals surface area (Å²) in [7, 11) is 0. The highest BCUT2D eigenvalue weighted by molar-refractivity contribution is 9.10. The zero-order valence-corrected chi connectivity index (χ0v) is 37.6. The van der Waals surface area contributed by atoms with Gasteiger partial charge in [0.25, 0.3) is 13.4 Å². The van der Waals surface area contributed by atoms with Crippen LogP contribution in [0.25, 0.3) is 76.8 Å². The molecule has 14 rings (SSSR count). The van der Waals surface area contributed by atoms with Gasteiger partial charge in [-0.2, -0.15) is 0 Å². The number of para-hydroxylation sites is 2. The van der Waals surface area contributed by atoms with Crippen molar-refractivity contribution in [1.29, 1.82) is 0 Å². The van der Waals surface area contributed by atoms with Crippen molar-refractivity contribution in [3.63, 3.8) is 0 Å². The molecule has 10 aromatic rings. The van der Waals surface area contributed by atoms with Crippen molar-refractivity contribution in [1.82, 2.24) is 0 Å². The van der Waals surface area contributed by atoms with Gasteiger partial charge in [0.15, 0.2) is 0 Å². The summed E-state index contributed by atoms with van der Waals surface area (Å²) < 4.78 is 15.7. The molecule has 2 nitrogen and oxygen atoms in total. The monoisotopic (exact) mass is 918 g/mol. The Morgan fingerprint density at radius 1 is 0.355 bits per heavy atom. The molecule has 0 spiro atoms. The van der Waals surface area contributed by atoms with Gasteiger partial charge in [-0.1, -0.05) is 128 Å². The summed E-state index contributed by atoms with van der Waals surface area (Å²) in [6, 6.07) is 50.1. The molecule has 0 radical (unpaired) electrons. The van der Waals surface area contributed by atoms with Crippen LogP contribution in [0.15, 0.2) is 142 Å². The number of ether oxygens (including phenoxy) is 2. The van der Waals surface area contributed by atoms with Crippen molar-refractivity contribution in [3.8, 4) is 67.5 Å².